The van der Waals surface area contributed by atoms with Gasteiger partial charge in [-0.15, -0.1) is 0 Å². The number of fused-ring (bicyclic) bond motifs is 3. The molecule has 10 nitrogen and oxygen atoms in total. The average Bonchev–Trinajstić information content (AvgIpc) is 3.68. The monoisotopic (exact) mass is 698 g/mol. The van der Waals surface area contributed by atoms with Gasteiger partial charge in [0.15, 0.2) is 0 Å². The Balaban J connectivity index is 0.890. The number of hydrogen-bond acceptors (Lipinski definition) is 6. The number of piperidine rings is 2. The Morgan fingerprint density at radius 1 is 0.596 bits per heavy atom. The summed E-state index contributed by atoms with van der Waals surface area (Å²) in [6.45, 7) is 11.4. The van der Waals surface area contributed by atoms with E-state index in [0.29, 0.717) is 11.8 Å². The molecule has 4 aliphatic rings. The lowest BCUT2D eigenvalue weighted by atomic mass is 9.98. The van der Waals surface area contributed by atoms with Gasteiger partial charge in [0.05, 0.1) is 35.9 Å². The highest BCUT2D eigenvalue weighted by atomic mass is 16.6. The molecule has 6 atom stereocenters. The van der Waals surface area contributed by atoms with Crippen LogP contribution in [0.3, 0.4) is 0 Å². The molecular formula is C42H46N6O4. The van der Waals surface area contributed by atoms with Crippen molar-refractivity contribution in [2.45, 2.75) is 103 Å². The van der Waals surface area contributed by atoms with Crippen LogP contribution in [0.1, 0.15) is 91.0 Å². The number of ether oxygens (including phenoxy) is 2. The highest BCUT2D eigenvalue weighted by Crippen LogP contribution is 2.54. The standard InChI is InChI=1S/C42H46N6O4/c1-41(2,3)51-39(49)47-33-17-29(33)19-35(47)37-43-21-31(45-37)24-9-7-23(8-10-24)25-11-12-27-16-28(14-13-26(27)15-25)32-22-44-38(46-32)36-20-30-18-34(30)48(36)40(50)52-42(4,5)6/h7-16,21-22,29-30,33-36H,17-20H2,1-6H3,(H,43,45)(H,44,46)/t29?,30-,33?,34+,35?,36-/m0/s1. The van der Waals surface area contributed by atoms with Crippen LogP contribution in [0.15, 0.2) is 73.1 Å². The zero-order valence-corrected chi connectivity index (χ0v) is 30.6. The largest absolute Gasteiger partial charge is 0.444 e. The number of aromatic amines is 2. The number of carbonyl (C=O) groups is 2. The summed E-state index contributed by atoms with van der Waals surface area (Å²) in [6, 6.07) is 21.9. The van der Waals surface area contributed by atoms with Crippen molar-refractivity contribution in [3.05, 3.63) is 84.7 Å². The van der Waals surface area contributed by atoms with E-state index in [0.717, 1.165) is 81.7 Å². The first-order valence-corrected chi connectivity index (χ1v) is 18.6. The number of hydrogen-bond donors (Lipinski definition) is 2. The number of benzene rings is 3. The number of aromatic nitrogens is 4. The third-order valence-electron chi connectivity index (χ3n) is 10.9. The second-order valence-electron chi connectivity index (χ2n) is 17.1. The lowest BCUT2D eigenvalue weighted by molar-refractivity contribution is 0.0164. The average molecular weight is 699 g/mol. The molecule has 2 aliphatic carbocycles. The van der Waals surface area contributed by atoms with E-state index in [2.05, 4.69) is 70.6 Å². The first kappa shape index (κ1) is 32.8. The van der Waals surface area contributed by atoms with Gasteiger partial charge < -0.3 is 19.4 Å². The SMILES string of the molecule is CC(C)(C)OC(=O)N1C(c2ncc(-c3ccc(-c4ccc5cc(-c6cnc([C@@H]7C[C@@H]8C[C@H]8N7C(=O)OC(C)(C)C)[nH]6)ccc5c4)cc3)[nH]2)CC2CC21. The number of imidazole rings is 2. The Hall–Kier alpha value is -5.12. The van der Waals surface area contributed by atoms with Gasteiger partial charge in [-0.1, -0.05) is 48.5 Å². The molecule has 2 saturated carbocycles. The van der Waals surface area contributed by atoms with E-state index in [9.17, 15) is 9.59 Å². The zero-order valence-electron chi connectivity index (χ0n) is 30.6. The number of nitrogens with one attached hydrogen (secondary N) is 2. The van der Waals surface area contributed by atoms with E-state index >= 15 is 0 Å². The fourth-order valence-electron chi connectivity index (χ4n) is 8.30. The lowest BCUT2D eigenvalue weighted by Crippen LogP contribution is -2.38. The van der Waals surface area contributed by atoms with Gasteiger partial charge in [0, 0.05) is 17.6 Å². The Labute approximate surface area is 303 Å². The number of nitrogens with zero attached hydrogens (tertiary/aromatic N) is 4. The summed E-state index contributed by atoms with van der Waals surface area (Å²) in [4.78, 5) is 46.4. The van der Waals surface area contributed by atoms with Crippen molar-refractivity contribution in [3.63, 3.8) is 0 Å². The summed E-state index contributed by atoms with van der Waals surface area (Å²) >= 11 is 0. The minimum Gasteiger partial charge on any atom is -0.444 e. The maximum atomic E-state index is 13.1. The van der Waals surface area contributed by atoms with E-state index in [1.807, 2.05) is 63.7 Å². The summed E-state index contributed by atoms with van der Waals surface area (Å²) in [5, 5.41) is 2.29. The highest BCUT2D eigenvalue weighted by Gasteiger charge is 2.57. The van der Waals surface area contributed by atoms with Crippen LogP contribution in [0.2, 0.25) is 0 Å². The molecule has 2 amide bonds. The van der Waals surface area contributed by atoms with E-state index in [-0.39, 0.29) is 36.4 Å². The molecule has 2 aliphatic heterocycles. The molecule has 0 radical (unpaired) electrons. The number of amides is 2. The number of likely N-dealkylation sites (tertiary alicyclic amines) is 2. The Bertz CT molecular complexity index is 2190. The summed E-state index contributed by atoms with van der Waals surface area (Å²) < 4.78 is 11.5. The van der Waals surface area contributed by atoms with E-state index < -0.39 is 11.2 Å². The third-order valence-corrected chi connectivity index (χ3v) is 10.9. The maximum absolute atomic E-state index is 13.1. The molecule has 5 aromatic rings. The quantitative estimate of drug-likeness (QED) is 0.189. The Morgan fingerprint density at radius 3 is 1.52 bits per heavy atom. The van der Waals surface area contributed by atoms with Crippen molar-refractivity contribution in [3.8, 4) is 33.6 Å². The molecule has 0 bridgehead atoms. The molecule has 52 heavy (non-hydrogen) atoms. The molecule has 3 unspecified atom stereocenters. The molecule has 3 aromatic carbocycles. The van der Waals surface area contributed by atoms with Gasteiger partial charge >= 0.3 is 12.2 Å². The Kier molecular flexibility index (Phi) is 7.37. The van der Waals surface area contributed by atoms with Gasteiger partial charge in [-0.25, -0.2) is 19.6 Å². The molecule has 2 N–H and O–H groups in total. The van der Waals surface area contributed by atoms with Crippen LogP contribution in [0.5, 0.6) is 0 Å². The molecule has 2 aromatic heterocycles. The van der Waals surface area contributed by atoms with Gasteiger partial charge in [-0.05, 0) is 119 Å². The molecule has 4 heterocycles. The predicted octanol–water partition coefficient (Wildman–Crippen LogP) is 9.43. The Morgan fingerprint density at radius 2 is 1.02 bits per heavy atom. The van der Waals surface area contributed by atoms with Crippen LogP contribution in [-0.2, 0) is 9.47 Å². The summed E-state index contributed by atoms with van der Waals surface area (Å²) in [5.41, 5.74) is 5.17. The predicted molar refractivity (Wildman–Crippen MR) is 199 cm³/mol. The normalized spacial score (nSPS) is 24.9. The minimum absolute atomic E-state index is 0.0904. The van der Waals surface area contributed by atoms with Crippen molar-refractivity contribution < 1.29 is 19.1 Å². The van der Waals surface area contributed by atoms with Crippen molar-refractivity contribution >= 4 is 23.0 Å². The fraction of sp³-hybridized carbons (Fsp3) is 0.429. The van der Waals surface area contributed by atoms with Crippen LogP contribution in [0, 0.1) is 11.8 Å². The molecular weight excluding hydrogens is 652 g/mol. The second-order valence-corrected chi connectivity index (χ2v) is 17.1. The van der Waals surface area contributed by atoms with Crippen LogP contribution < -0.4 is 0 Å². The fourth-order valence-corrected chi connectivity index (χ4v) is 8.30. The zero-order chi connectivity index (χ0) is 36.1. The highest BCUT2D eigenvalue weighted by molar-refractivity contribution is 5.90. The number of carbonyl (C=O) groups excluding carboxylic acids is 2. The second kappa shape index (κ2) is 11.7. The van der Waals surface area contributed by atoms with Crippen LogP contribution in [-0.4, -0.2) is 65.2 Å². The summed E-state index contributed by atoms with van der Waals surface area (Å²) in [7, 11) is 0. The van der Waals surface area contributed by atoms with Crippen LogP contribution in [0.25, 0.3) is 44.4 Å². The van der Waals surface area contributed by atoms with Crippen molar-refractivity contribution in [1.29, 1.82) is 0 Å². The minimum atomic E-state index is -0.535. The molecule has 2 saturated heterocycles. The lowest BCUT2D eigenvalue weighted by Gasteiger charge is -2.29. The van der Waals surface area contributed by atoms with Crippen molar-refractivity contribution in [2.75, 3.05) is 0 Å². The van der Waals surface area contributed by atoms with Crippen LogP contribution >= 0.6 is 0 Å². The van der Waals surface area contributed by atoms with Gasteiger partial charge in [-0.2, -0.15) is 0 Å². The molecule has 10 heteroatoms. The number of rotatable bonds is 5. The van der Waals surface area contributed by atoms with Gasteiger partial charge in [0.1, 0.15) is 22.9 Å². The molecule has 268 valence electrons. The smallest absolute Gasteiger partial charge is 0.411 e. The maximum Gasteiger partial charge on any atom is 0.411 e. The summed E-state index contributed by atoms with van der Waals surface area (Å²) in [5.74, 6) is 2.69. The topological polar surface area (TPSA) is 116 Å². The first-order chi connectivity index (χ1) is 24.8. The van der Waals surface area contributed by atoms with E-state index in [1.165, 1.54) is 0 Å². The van der Waals surface area contributed by atoms with Crippen molar-refractivity contribution in [1.82, 2.24) is 29.7 Å². The first-order valence-electron chi connectivity index (χ1n) is 18.6. The number of H-pyrrole nitrogens is 2. The molecule has 0 spiro atoms. The van der Waals surface area contributed by atoms with E-state index in [1.54, 1.807) is 0 Å². The van der Waals surface area contributed by atoms with Crippen molar-refractivity contribution in [2.24, 2.45) is 11.8 Å². The van der Waals surface area contributed by atoms with Gasteiger partial charge in [0.25, 0.3) is 0 Å². The van der Waals surface area contributed by atoms with Crippen LogP contribution in [0.4, 0.5) is 9.59 Å². The van der Waals surface area contributed by atoms with Gasteiger partial charge in [0.2, 0.25) is 0 Å². The third kappa shape index (κ3) is 6.11. The summed E-state index contributed by atoms with van der Waals surface area (Å²) in [6.07, 6.45) is 7.15. The molecule has 9 rings (SSSR count). The molecule has 4 fully saturated rings. The van der Waals surface area contributed by atoms with Gasteiger partial charge in [-0.3, -0.25) is 9.80 Å². The van der Waals surface area contributed by atoms with E-state index in [4.69, 9.17) is 19.4 Å².